The van der Waals surface area contributed by atoms with Gasteiger partial charge in [0.15, 0.2) is 5.79 Å². The highest BCUT2D eigenvalue weighted by Gasteiger charge is 2.33. The predicted molar refractivity (Wildman–Crippen MR) is 113 cm³/mol. The van der Waals surface area contributed by atoms with E-state index >= 15 is 0 Å². The first-order valence-electron chi connectivity index (χ1n) is 10.6. The third kappa shape index (κ3) is 11.7. The lowest BCUT2D eigenvalue weighted by Crippen LogP contribution is -2.42. The Bertz CT molecular complexity index is 424. The number of amides is 1. The molecule has 0 radical (unpaired) electrons. The first kappa shape index (κ1) is 27.0. The van der Waals surface area contributed by atoms with Crippen molar-refractivity contribution in [2.24, 2.45) is 17.2 Å². The van der Waals surface area contributed by atoms with Crippen molar-refractivity contribution in [3.63, 3.8) is 0 Å². The summed E-state index contributed by atoms with van der Waals surface area (Å²) in [7, 11) is 0. The van der Waals surface area contributed by atoms with Crippen molar-refractivity contribution in [3.05, 3.63) is 0 Å². The third-order valence-electron chi connectivity index (χ3n) is 5.57. The molecule has 4 N–H and O–H groups in total. The fraction of sp³-hybridized carbons (Fsp3) is 0.905. The quantitative estimate of drug-likeness (QED) is 0.144. The van der Waals surface area contributed by atoms with Crippen molar-refractivity contribution < 1.29 is 19.1 Å². The summed E-state index contributed by atoms with van der Waals surface area (Å²) in [5, 5.41) is 2.58. The highest BCUT2D eigenvalue weighted by Crippen LogP contribution is 2.33. The van der Waals surface area contributed by atoms with E-state index in [4.69, 9.17) is 15.3 Å². The van der Waals surface area contributed by atoms with Crippen molar-refractivity contribution in [3.8, 4) is 0 Å². The van der Waals surface area contributed by atoms with Crippen LogP contribution in [0.25, 0.3) is 0 Å². The Kier molecular flexibility index (Phi) is 14.4. The van der Waals surface area contributed by atoms with Crippen LogP contribution in [-0.2, 0) is 19.1 Å². The van der Waals surface area contributed by atoms with Crippen LogP contribution >= 0.6 is 0 Å². The number of hydrazine groups is 1. The van der Waals surface area contributed by atoms with Gasteiger partial charge in [-0.05, 0) is 31.1 Å². The van der Waals surface area contributed by atoms with Crippen molar-refractivity contribution in [2.45, 2.75) is 85.4 Å². The second-order valence-electron chi connectivity index (χ2n) is 8.37. The second-order valence-corrected chi connectivity index (χ2v) is 8.37. The van der Waals surface area contributed by atoms with E-state index in [9.17, 15) is 9.59 Å². The lowest BCUT2D eigenvalue weighted by molar-refractivity contribution is -0.250. The Morgan fingerprint density at radius 1 is 1.18 bits per heavy atom. The van der Waals surface area contributed by atoms with Gasteiger partial charge in [-0.25, -0.2) is 0 Å². The van der Waals surface area contributed by atoms with Crippen molar-refractivity contribution >= 4 is 12.2 Å². The molecule has 0 aliphatic heterocycles. The number of carbonyl (C=O) groups excluding carboxylic acids is 2. The normalized spacial score (nSPS) is 17.2. The van der Waals surface area contributed by atoms with Gasteiger partial charge < -0.3 is 19.6 Å². The standard InChI is InChI=1S/C11H23N3O3.C10H20O/c12-14-7-9-17-11(4-2-1-3-5-11)16-8-6-13-10-15;1-6-8(2)10(4,5)7-9(3)11/h10,14H,1-9,12H2,(H,13,15);8H,6-7H2,1-5H3. The number of hydrogen-bond donors (Lipinski definition) is 3. The summed E-state index contributed by atoms with van der Waals surface area (Å²) in [5.41, 5.74) is 2.74. The van der Waals surface area contributed by atoms with Crippen LogP contribution in [0, 0.1) is 11.3 Å². The van der Waals surface area contributed by atoms with Gasteiger partial charge in [0.05, 0.1) is 13.2 Å². The largest absolute Gasteiger partial charge is 0.356 e. The van der Waals surface area contributed by atoms with Crippen LogP contribution in [0.2, 0.25) is 0 Å². The summed E-state index contributed by atoms with van der Waals surface area (Å²) in [6.45, 7) is 12.5. The van der Waals surface area contributed by atoms with Crippen LogP contribution in [0.4, 0.5) is 0 Å². The SMILES string of the molecule is CCC(C)C(C)(C)CC(C)=O.NNCCOC1(OCCNC=O)CCCCC1. The number of Topliss-reactive ketones (excluding diaryl/α,β-unsaturated/α-hetero) is 1. The molecule has 1 amide bonds. The maximum atomic E-state index is 10.9. The molecule has 0 aromatic rings. The molecule has 28 heavy (non-hydrogen) atoms. The molecule has 0 spiro atoms. The smallest absolute Gasteiger partial charge is 0.207 e. The molecule has 0 bridgehead atoms. The maximum Gasteiger partial charge on any atom is 0.207 e. The Hall–Kier alpha value is -1.02. The highest BCUT2D eigenvalue weighted by molar-refractivity contribution is 5.76. The van der Waals surface area contributed by atoms with Gasteiger partial charge in [0, 0.05) is 32.4 Å². The number of nitrogens with one attached hydrogen (secondary N) is 2. The van der Waals surface area contributed by atoms with Crippen molar-refractivity contribution in [1.82, 2.24) is 10.7 Å². The number of ether oxygens (including phenoxy) is 2. The molecule has 1 fully saturated rings. The Labute approximate surface area is 171 Å². The van der Waals surface area contributed by atoms with Crippen LogP contribution in [0.5, 0.6) is 0 Å². The van der Waals surface area contributed by atoms with E-state index in [-0.39, 0.29) is 5.41 Å². The Morgan fingerprint density at radius 3 is 2.21 bits per heavy atom. The van der Waals surface area contributed by atoms with Gasteiger partial charge in [-0.1, -0.05) is 40.5 Å². The minimum absolute atomic E-state index is 0.181. The molecule has 1 rings (SSSR count). The second kappa shape index (κ2) is 14.9. The number of hydrogen-bond acceptors (Lipinski definition) is 6. The molecule has 0 heterocycles. The van der Waals surface area contributed by atoms with Gasteiger partial charge in [0.25, 0.3) is 0 Å². The van der Waals surface area contributed by atoms with Gasteiger partial charge in [-0.3, -0.25) is 16.1 Å². The Balaban J connectivity index is 0.000000576. The first-order chi connectivity index (χ1) is 13.2. The van der Waals surface area contributed by atoms with E-state index < -0.39 is 5.79 Å². The molecule has 7 heteroatoms. The topological polar surface area (TPSA) is 103 Å². The van der Waals surface area contributed by atoms with E-state index in [0.717, 1.165) is 32.1 Å². The van der Waals surface area contributed by atoms with E-state index in [1.165, 1.54) is 6.42 Å². The number of ketones is 1. The summed E-state index contributed by atoms with van der Waals surface area (Å²) < 4.78 is 11.6. The molecule has 1 unspecified atom stereocenters. The summed E-state index contributed by atoms with van der Waals surface area (Å²) >= 11 is 0. The lowest BCUT2D eigenvalue weighted by atomic mass is 9.75. The fourth-order valence-electron chi connectivity index (χ4n) is 3.44. The molecule has 1 aliphatic rings. The molecule has 166 valence electrons. The summed E-state index contributed by atoms with van der Waals surface area (Å²) in [6.07, 6.45) is 7.85. The predicted octanol–water partition coefficient (Wildman–Crippen LogP) is 2.93. The van der Waals surface area contributed by atoms with Gasteiger partial charge in [-0.2, -0.15) is 0 Å². The zero-order valence-electron chi connectivity index (χ0n) is 18.6. The number of nitrogens with two attached hydrogens (primary N) is 1. The Morgan fingerprint density at radius 2 is 1.75 bits per heavy atom. The molecule has 0 aromatic heterocycles. The van der Waals surface area contributed by atoms with Crippen LogP contribution in [0.3, 0.4) is 0 Å². The summed E-state index contributed by atoms with van der Waals surface area (Å²) in [5.74, 6) is 5.67. The average molecular weight is 402 g/mol. The van der Waals surface area contributed by atoms with E-state index in [1.807, 2.05) is 0 Å². The van der Waals surface area contributed by atoms with E-state index in [2.05, 4.69) is 38.4 Å². The van der Waals surface area contributed by atoms with Crippen molar-refractivity contribution in [1.29, 1.82) is 0 Å². The van der Waals surface area contributed by atoms with E-state index in [1.54, 1.807) is 6.92 Å². The molecular weight excluding hydrogens is 358 g/mol. The summed E-state index contributed by atoms with van der Waals surface area (Å²) in [4.78, 5) is 21.0. The van der Waals surface area contributed by atoms with Crippen LogP contribution in [-0.4, -0.2) is 44.3 Å². The minimum atomic E-state index is -0.473. The molecular formula is C21H43N3O4. The molecule has 1 aliphatic carbocycles. The molecule has 0 aromatic carbocycles. The minimum Gasteiger partial charge on any atom is -0.356 e. The van der Waals surface area contributed by atoms with Gasteiger partial charge in [0.2, 0.25) is 6.41 Å². The number of rotatable bonds is 13. The van der Waals surface area contributed by atoms with Gasteiger partial charge >= 0.3 is 0 Å². The highest BCUT2D eigenvalue weighted by atomic mass is 16.7. The first-order valence-corrected chi connectivity index (χ1v) is 10.6. The van der Waals surface area contributed by atoms with Gasteiger partial charge in [0.1, 0.15) is 5.78 Å². The summed E-state index contributed by atoms with van der Waals surface area (Å²) in [6, 6.07) is 0. The third-order valence-corrected chi connectivity index (χ3v) is 5.57. The molecule has 7 nitrogen and oxygen atoms in total. The average Bonchev–Trinajstić information content (AvgIpc) is 2.65. The van der Waals surface area contributed by atoms with E-state index in [0.29, 0.717) is 50.8 Å². The fourth-order valence-corrected chi connectivity index (χ4v) is 3.44. The maximum absolute atomic E-state index is 10.9. The number of carbonyl (C=O) groups is 2. The zero-order valence-corrected chi connectivity index (χ0v) is 18.6. The lowest BCUT2D eigenvalue weighted by Gasteiger charge is -2.37. The molecule has 0 saturated heterocycles. The monoisotopic (exact) mass is 401 g/mol. The van der Waals surface area contributed by atoms with Crippen LogP contribution < -0.4 is 16.6 Å². The van der Waals surface area contributed by atoms with Crippen LogP contribution in [0.1, 0.15) is 79.6 Å². The molecule has 1 atom stereocenters. The zero-order chi connectivity index (χ0) is 21.5. The van der Waals surface area contributed by atoms with Crippen LogP contribution in [0.15, 0.2) is 0 Å². The van der Waals surface area contributed by atoms with Gasteiger partial charge in [-0.15, -0.1) is 0 Å². The van der Waals surface area contributed by atoms with Crippen molar-refractivity contribution in [2.75, 3.05) is 26.3 Å². The molecule has 1 saturated carbocycles.